The number of ether oxygens (including phenoxy) is 3. The molecule has 0 fully saturated rings. The summed E-state index contributed by atoms with van der Waals surface area (Å²) in [6.45, 7) is 7.18. The van der Waals surface area contributed by atoms with Crippen molar-refractivity contribution in [2.75, 3.05) is 14.2 Å². The van der Waals surface area contributed by atoms with E-state index in [-0.39, 0.29) is 6.54 Å². The fourth-order valence-electron chi connectivity index (χ4n) is 1.87. The van der Waals surface area contributed by atoms with Crippen LogP contribution in [0.25, 0.3) is 0 Å². The Morgan fingerprint density at radius 1 is 1.12 bits per heavy atom. The Bertz CT molecular complexity index is 581. The number of urea groups is 1. The average Bonchev–Trinajstić information content (AvgIpc) is 2.50. The van der Waals surface area contributed by atoms with Crippen LogP contribution in [-0.4, -0.2) is 37.9 Å². The summed E-state index contributed by atoms with van der Waals surface area (Å²) in [5.41, 5.74) is 0.246. The van der Waals surface area contributed by atoms with E-state index in [1.807, 2.05) is 6.07 Å². The second kappa shape index (κ2) is 8.42. The number of benzene rings is 1. The van der Waals surface area contributed by atoms with Crippen molar-refractivity contribution < 1.29 is 23.8 Å². The number of nitrogens with one attached hydrogen (secondary N) is 2. The molecule has 0 spiro atoms. The first-order valence-electron chi connectivity index (χ1n) is 7.64. The molecule has 0 aliphatic heterocycles. The SMILES string of the molecule is COc1ccc(CNC(=O)N[C@H](C)C(=O)OC(C)(C)C)cc1OC. The summed E-state index contributed by atoms with van der Waals surface area (Å²) in [6.07, 6.45) is 0. The normalized spacial score (nSPS) is 12.1. The molecule has 2 N–H and O–H groups in total. The molecule has 7 nitrogen and oxygen atoms in total. The molecule has 0 bridgehead atoms. The van der Waals surface area contributed by atoms with Crippen molar-refractivity contribution >= 4 is 12.0 Å². The number of methoxy groups -OCH3 is 2. The van der Waals surface area contributed by atoms with Gasteiger partial charge in [0.1, 0.15) is 11.6 Å². The van der Waals surface area contributed by atoms with E-state index < -0.39 is 23.6 Å². The summed E-state index contributed by atoms with van der Waals surface area (Å²) in [5, 5.41) is 5.23. The van der Waals surface area contributed by atoms with Gasteiger partial charge in [0.25, 0.3) is 0 Å². The molecule has 7 heteroatoms. The Kier molecular flexibility index (Phi) is 6.88. The quantitative estimate of drug-likeness (QED) is 0.777. The van der Waals surface area contributed by atoms with Gasteiger partial charge in [-0.25, -0.2) is 9.59 Å². The predicted octanol–water partition coefficient (Wildman–Crippen LogP) is 2.23. The van der Waals surface area contributed by atoms with Crippen molar-refractivity contribution in [3.8, 4) is 11.5 Å². The highest BCUT2D eigenvalue weighted by molar-refractivity contribution is 5.83. The summed E-state index contributed by atoms with van der Waals surface area (Å²) < 4.78 is 15.6. The third kappa shape index (κ3) is 6.36. The predicted molar refractivity (Wildman–Crippen MR) is 90.2 cm³/mol. The van der Waals surface area contributed by atoms with Crippen molar-refractivity contribution in [1.82, 2.24) is 10.6 Å². The number of amides is 2. The van der Waals surface area contributed by atoms with E-state index in [2.05, 4.69) is 10.6 Å². The van der Waals surface area contributed by atoms with E-state index in [1.165, 1.54) is 0 Å². The van der Waals surface area contributed by atoms with Gasteiger partial charge in [0.15, 0.2) is 11.5 Å². The molecular weight excluding hydrogens is 312 g/mol. The highest BCUT2D eigenvalue weighted by Crippen LogP contribution is 2.27. The monoisotopic (exact) mass is 338 g/mol. The lowest BCUT2D eigenvalue weighted by Gasteiger charge is -2.22. The standard InChI is InChI=1S/C17H26N2O5/c1-11(15(20)24-17(2,3)4)19-16(21)18-10-12-7-8-13(22-5)14(9-12)23-6/h7-9,11H,10H2,1-6H3,(H2,18,19,21)/t11-/m1/s1. The van der Waals surface area contributed by atoms with Gasteiger partial charge in [-0.3, -0.25) is 0 Å². The molecule has 1 aromatic rings. The lowest BCUT2D eigenvalue weighted by Crippen LogP contribution is -2.46. The molecule has 0 aromatic heterocycles. The Hall–Kier alpha value is -2.44. The Labute approximate surface area is 142 Å². The molecule has 0 radical (unpaired) electrons. The molecule has 134 valence electrons. The molecule has 1 aromatic carbocycles. The van der Waals surface area contributed by atoms with Gasteiger partial charge in [0, 0.05) is 6.54 Å². The maximum Gasteiger partial charge on any atom is 0.328 e. The lowest BCUT2D eigenvalue weighted by molar-refractivity contribution is -0.156. The van der Waals surface area contributed by atoms with E-state index in [9.17, 15) is 9.59 Å². The van der Waals surface area contributed by atoms with Crippen molar-refractivity contribution in [2.24, 2.45) is 0 Å². The van der Waals surface area contributed by atoms with E-state index in [0.29, 0.717) is 11.5 Å². The Morgan fingerprint density at radius 2 is 1.75 bits per heavy atom. The fraction of sp³-hybridized carbons (Fsp3) is 0.529. The van der Waals surface area contributed by atoms with Crippen LogP contribution in [0.3, 0.4) is 0 Å². The zero-order valence-corrected chi connectivity index (χ0v) is 15.1. The van der Waals surface area contributed by atoms with Crippen LogP contribution in [0.2, 0.25) is 0 Å². The highest BCUT2D eigenvalue weighted by Gasteiger charge is 2.22. The number of rotatable bonds is 6. The Balaban J connectivity index is 2.53. The van der Waals surface area contributed by atoms with Crippen LogP contribution in [-0.2, 0) is 16.1 Å². The minimum atomic E-state index is -0.741. The molecule has 0 heterocycles. The van der Waals surface area contributed by atoms with Crippen LogP contribution in [0.4, 0.5) is 4.79 Å². The number of carbonyl (C=O) groups excluding carboxylic acids is 2. The van der Waals surface area contributed by atoms with Crippen LogP contribution in [0, 0.1) is 0 Å². The van der Waals surface area contributed by atoms with Crippen molar-refractivity contribution in [3.05, 3.63) is 23.8 Å². The van der Waals surface area contributed by atoms with E-state index >= 15 is 0 Å². The molecule has 24 heavy (non-hydrogen) atoms. The minimum absolute atomic E-state index is 0.285. The van der Waals surface area contributed by atoms with Crippen LogP contribution in [0.5, 0.6) is 11.5 Å². The van der Waals surface area contributed by atoms with Crippen molar-refractivity contribution in [2.45, 2.75) is 45.9 Å². The van der Waals surface area contributed by atoms with Gasteiger partial charge in [0.05, 0.1) is 14.2 Å². The summed E-state index contributed by atoms with van der Waals surface area (Å²) in [6, 6.07) is 4.16. The first kappa shape index (κ1) is 19.6. The number of hydrogen-bond acceptors (Lipinski definition) is 5. The van der Waals surface area contributed by atoms with Crippen LogP contribution >= 0.6 is 0 Å². The van der Waals surface area contributed by atoms with Gasteiger partial charge >= 0.3 is 12.0 Å². The molecule has 0 aliphatic carbocycles. The number of esters is 1. The largest absolute Gasteiger partial charge is 0.493 e. The van der Waals surface area contributed by atoms with Crippen LogP contribution in [0.15, 0.2) is 18.2 Å². The fourth-order valence-corrected chi connectivity index (χ4v) is 1.87. The van der Waals surface area contributed by atoms with Crippen LogP contribution < -0.4 is 20.1 Å². The second-order valence-corrected chi connectivity index (χ2v) is 6.27. The minimum Gasteiger partial charge on any atom is -0.493 e. The second-order valence-electron chi connectivity index (χ2n) is 6.27. The van der Waals surface area contributed by atoms with Gasteiger partial charge < -0.3 is 24.8 Å². The molecule has 0 aliphatic rings. The smallest absolute Gasteiger partial charge is 0.328 e. The molecule has 0 saturated heterocycles. The van der Waals surface area contributed by atoms with Gasteiger partial charge in [-0.15, -0.1) is 0 Å². The average molecular weight is 338 g/mol. The number of carbonyl (C=O) groups is 2. The lowest BCUT2D eigenvalue weighted by atomic mass is 10.2. The first-order valence-corrected chi connectivity index (χ1v) is 7.64. The zero-order valence-electron chi connectivity index (χ0n) is 15.1. The summed E-state index contributed by atoms with van der Waals surface area (Å²) >= 11 is 0. The van der Waals surface area contributed by atoms with E-state index in [0.717, 1.165) is 5.56 Å². The molecule has 2 amide bonds. The molecule has 1 rings (SSSR count). The third-order valence-electron chi connectivity index (χ3n) is 3.01. The van der Waals surface area contributed by atoms with Gasteiger partial charge in [-0.2, -0.15) is 0 Å². The summed E-state index contributed by atoms with van der Waals surface area (Å²) in [7, 11) is 3.10. The molecule has 0 saturated carbocycles. The highest BCUT2D eigenvalue weighted by atomic mass is 16.6. The first-order chi connectivity index (χ1) is 11.2. The molecule has 0 unspecified atom stereocenters. The van der Waals surface area contributed by atoms with Crippen LogP contribution in [0.1, 0.15) is 33.3 Å². The Morgan fingerprint density at radius 3 is 2.29 bits per heavy atom. The van der Waals surface area contributed by atoms with Gasteiger partial charge in [0.2, 0.25) is 0 Å². The zero-order chi connectivity index (χ0) is 18.3. The molecular formula is C17H26N2O5. The van der Waals surface area contributed by atoms with E-state index in [1.54, 1.807) is 54.0 Å². The van der Waals surface area contributed by atoms with Gasteiger partial charge in [-0.1, -0.05) is 6.07 Å². The summed E-state index contributed by atoms with van der Waals surface area (Å²) in [5.74, 6) is 0.715. The van der Waals surface area contributed by atoms with E-state index in [4.69, 9.17) is 14.2 Å². The number of hydrogen-bond donors (Lipinski definition) is 2. The van der Waals surface area contributed by atoms with Crippen molar-refractivity contribution in [1.29, 1.82) is 0 Å². The summed E-state index contributed by atoms with van der Waals surface area (Å²) in [4.78, 5) is 23.7. The topological polar surface area (TPSA) is 85.9 Å². The van der Waals surface area contributed by atoms with Crippen molar-refractivity contribution in [3.63, 3.8) is 0 Å². The molecule has 1 atom stereocenters. The third-order valence-corrected chi connectivity index (χ3v) is 3.01. The van der Waals surface area contributed by atoms with Gasteiger partial charge in [-0.05, 0) is 45.4 Å². The maximum atomic E-state index is 11.9. The maximum absolute atomic E-state index is 11.9.